The van der Waals surface area contributed by atoms with E-state index < -0.39 is 10.0 Å². The smallest absolute Gasteiger partial charge is 0.253 e. The molecule has 0 radical (unpaired) electrons. The molecule has 0 atom stereocenters. The second kappa shape index (κ2) is 10.9. The Hall–Kier alpha value is -2.42. The minimum absolute atomic E-state index is 0.0365. The number of hydrogen-bond donors (Lipinski definition) is 0. The molecule has 0 aliphatic carbocycles. The average Bonchev–Trinajstić information content (AvgIpc) is 2.88. The lowest BCUT2D eigenvalue weighted by atomic mass is 10.0. The molecule has 184 valence electrons. The van der Waals surface area contributed by atoms with Gasteiger partial charge in [-0.15, -0.1) is 0 Å². The van der Waals surface area contributed by atoms with Crippen LogP contribution in [-0.4, -0.2) is 81.4 Å². The number of benzene rings is 2. The van der Waals surface area contributed by atoms with Crippen LogP contribution in [-0.2, 0) is 16.4 Å². The molecule has 8 heteroatoms. The molecule has 2 aromatic carbocycles. The maximum Gasteiger partial charge on any atom is 0.253 e. The lowest BCUT2D eigenvalue weighted by Gasteiger charge is -2.35. The molecule has 2 aliphatic heterocycles. The molecule has 4 rings (SSSR count). The van der Waals surface area contributed by atoms with Crippen LogP contribution >= 0.6 is 0 Å². The van der Waals surface area contributed by atoms with Crippen molar-refractivity contribution in [1.29, 1.82) is 0 Å². The van der Waals surface area contributed by atoms with E-state index in [1.807, 2.05) is 17.0 Å². The minimum Gasteiger partial charge on any atom is -0.497 e. The summed E-state index contributed by atoms with van der Waals surface area (Å²) < 4.78 is 32.6. The number of sulfonamides is 1. The molecule has 2 heterocycles. The van der Waals surface area contributed by atoms with Gasteiger partial charge >= 0.3 is 0 Å². The predicted molar refractivity (Wildman–Crippen MR) is 133 cm³/mol. The topological polar surface area (TPSA) is 70.2 Å². The molecule has 0 unspecified atom stereocenters. The summed E-state index contributed by atoms with van der Waals surface area (Å²) in [5.74, 6) is 1.39. The SMILES string of the molecule is COc1ccc(CCN2CCN(C(=O)c3ccc(S(=O)(=O)N4CCC(C)CC4)cc3)CC2)cc1. The van der Waals surface area contributed by atoms with Crippen molar-refractivity contribution in [2.24, 2.45) is 5.92 Å². The molecular formula is C26H35N3O4S. The lowest BCUT2D eigenvalue weighted by molar-refractivity contribution is 0.0638. The first-order valence-corrected chi connectivity index (χ1v) is 13.6. The number of nitrogens with zero attached hydrogens (tertiary/aromatic N) is 3. The number of piperidine rings is 1. The quantitative estimate of drug-likeness (QED) is 0.603. The van der Waals surface area contributed by atoms with Crippen molar-refractivity contribution in [1.82, 2.24) is 14.1 Å². The van der Waals surface area contributed by atoms with Gasteiger partial charge in [-0.2, -0.15) is 4.31 Å². The highest BCUT2D eigenvalue weighted by Gasteiger charge is 2.28. The number of carbonyl (C=O) groups is 1. The van der Waals surface area contributed by atoms with Crippen LogP contribution in [0.1, 0.15) is 35.7 Å². The Morgan fingerprint density at radius 1 is 0.912 bits per heavy atom. The summed E-state index contributed by atoms with van der Waals surface area (Å²) in [6.07, 6.45) is 2.74. The minimum atomic E-state index is -3.50. The normalized spacial score (nSPS) is 18.7. The molecule has 2 saturated heterocycles. The lowest BCUT2D eigenvalue weighted by Crippen LogP contribution is -2.49. The van der Waals surface area contributed by atoms with Gasteiger partial charge in [-0.25, -0.2) is 8.42 Å². The summed E-state index contributed by atoms with van der Waals surface area (Å²) in [5.41, 5.74) is 1.81. The van der Waals surface area contributed by atoms with E-state index in [1.54, 1.807) is 35.7 Å². The van der Waals surface area contributed by atoms with Crippen LogP contribution in [0.3, 0.4) is 0 Å². The zero-order chi connectivity index (χ0) is 24.1. The molecule has 34 heavy (non-hydrogen) atoms. The van der Waals surface area contributed by atoms with Gasteiger partial charge in [0.2, 0.25) is 10.0 Å². The largest absolute Gasteiger partial charge is 0.497 e. The molecule has 2 fully saturated rings. The maximum atomic E-state index is 13.0. The van der Waals surface area contributed by atoms with Crippen molar-refractivity contribution < 1.29 is 17.9 Å². The third kappa shape index (κ3) is 5.79. The molecular weight excluding hydrogens is 450 g/mol. The van der Waals surface area contributed by atoms with Gasteiger partial charge in [0.15, 0.2) is 0 Å². The molecule has 0 aromatic heterocycles. The van der Waals surface area contributed by atoms with Gasteiger partial charge in [0.05, 0.1) is 12.0 Å². The monoisotopic (exact) mass is 485 g/mol. The van der Waals surface area contributed by atoms with Gasteiger partial charge in [0.1, 0.15) is 5.75 Å². The first-order chi connectivity index (χ1) is 16.4. The van der Waals surface area contributed by atoms with E-state index in [2.05, 4.69) is 24.0 Å². The second-order valence-electron chi connectivity index (χ2n) is 9.34. The van der Waals surface area contributed by atoms with E-state index in [4.69, 9.17) is 4.74 Å². The van der Waals surface area contributed by atoms with Crippen LogP contribution < -0.4 is 4.74 Å². The molecule has 2 aliphatic rings. The zero-order valence-corrected chi connectivity index (χ0v) is 21.0. The van der Waals surface area contributed by atoms with Crippen molar-refractivity contribution in [3.05, 3.63) is 59.7 Å². The fourth-order valence-corrected chi connectivity index (χ4v) is 6.05. The fraction of sp³-hybridized carbons (Fsp3) is 0.500. The van der Waals surface area contributed by atoms with E-state index >= 15 is 0 Å². The Labute approximate surface area is 203 Å². The van der Waals surface area contributed by atoms with Crippen molar-refractivity contribution in [2.45, 2.75) is 31.1 Å². The highest BCUT2D eigenvalue weighted by atomic mass is 32.2. The van der Waals surface area contributed by atoms with E-state index in [0.29, 0.717) is 37.7 Å². The van der Waals surface area contributed by atoms with Crippen LogP contribution in [0.25, 0.3) is 0 Å². The third-order valence-electron chi connectivity index (χ3n) is 7.02. The van der Waals surface area contributed by atoms with Gasteiger partial charge in [-0.1, -0.05) is 19.1 Å². The number of ether oxygens (including phenoxy) is 1. The van der Waals surface area contributed by atoms with Gasteiger partial charge in [0, 0.05) is 51.4 Å². The molecule has 0 N–H and O–H groups in total. The standard InChI is InChI=1S/C26H35N3O4S/c1-21-11-15-29(16-12-21)34(31,32)25-9-5-23(6-10-25)26(30)28-19-17-27(18-20-28)14-13-22-3-7-24(33-2)8-4-22/h3-10,21H,11-20H2,1-2H3. The number of carbonyl (C=O) groups excluding carboxylic acids is 1. The second-order valence-corrected chi connectivity index (χ2v) is 11.3. The van der Waals surface area contributed by atoms with Gasteiger partial charge in [-0.05, 0) is 67.1 Å². The first-order valence-electron chi connectivity index (χ1n) is 12.1. The molecule has 7 nitrogen and oxygen atoms in total. The summed E-state index contributed by atoms with van der Waals surface area (Å²) in [6, 6.07) is 14.6. The van der Waals surface area contributed by atoms with Gasteiger partial charge in [-0.3, -0.25) is 9.69 Å². The Kier molecular flexibility index (Phi) is 7.91. The highest BCUT2D eigenvalue weighted by Crippen LogP contribution is 2.24. The summed E-state index contributed by atoms with van der Waals surface area (Å²) >= 11 is 0. The number of rotatable bonds is 7. The molecule has 0 spiro atoms. The summed E-state index contributed by atoms with van der Waals surface area (Å²) in [5, 5.41) is 0. The Bertz CT molecular complexity index is 1050. The Morgan fingerprint density at radius 3 is 2.12 bits per heavy atom. The van der Waals surface area contributed by atoms with Crippen LogP contribution in [0.4, 0.5) is 0 Å². The van der Waals surface area contributed by atoms with Crippen LogP contribution in [0.15, 0.2) is 53.4 Å². The number of amides is 1. The van der Waals surface area contributed by atoms with Crippen LogP contribution in [0.2, 0.25) is 0 Å². The van der Waals surface area contributed by atoms with E-state index in [1.165, 1.54) is 5.56 Å². The average molecular weight is 486 g/mol. The fourth-order valence-electron chi connectivity index (χ4n) is 4.58. The van der Waals surface area contributed by atoms with Crippen molar-refractivity contribution in [3.8, 4) is 5.75 Å². The van der Waals surface area contributed by atoms with Gasteiger partial charge < -0.3 is 9.64 Å². The van der Waals surface area contributed by atoms with Gasteiger partial charge in [0.25, 0.3) is 5.91 Å². The van der Waals surface area contributed by atoms with Crippen molar-refractivity contribution in [2.75, 3.05) is 52.9 Å². The first kappa shape index (κ1) is 24.7. The van der Waals surface area contributed by atoms with E-state index in [9.17, 15) is 13.2 Å². The van der Waals surface area contributed by atoms with Crippen LogP contribution in [0.5, 0.6) is 5.75 Å². The molecule has 0 saturated carbocycles. The highest BCUT2D eigenvalue weighted by molar-refractivity contribution is 7.89. The van der Waals surface area contributed by atoms with Crippen molar-refractivity contribution in [3.63, 3.8) is 0 Å². The zero-order valence-electron chi connectivity index (χ0n) is 20.2. The van der Waals surface area contributed by atoms with E-state index in [0.717, 1.165) is 44.6 Å². The Morgan fingerprint density at radius 2 is 1.53 bits per heavy atom. The molecule has 2 aromatic rings. The maximum absolute atomic E-state index is 13.0. The number of hydrogen-bond acceptors (Lipinski definition) is 5. The Balaban J connectivity index is 1.28. The summed E-state index contributed by atoms with van der Waals surface area (Å²) in [7, 11) is -1.83. The van der Waals surface area contributed by atoms with Crippen LogP contribution in [0, 0.1) is 5.92 Å². The number of methoxy groups -OCH3 is 1. The summed E-state index contributed by atoms with van der Waals surface area (Å²) in [6.45, 7) is 7.26. The number of piperazine rings is 1. The third-order valence-corrected chi connectivity index (χ3v) is 8.93. The summed E-state index contributed by atoms with van der Waals surface area (Å²) in [4.78, 5) is 17.5. The molecule has 1 amide bonds. The van der Waals surface area contributed by atoms with Crippen molar-refractivity contribution >= 4 is 15.9 Å². The van der Waals surface area contributed by atoms with E-state index in [-0.39, 0.29) is 10.8 Å². The predicted octanol–water partition coefficient (Wildman–Crippen LogP) is 3.12. The molecule has 0 bridgehead atoms.